The summed E-state index contributed by atoms with van der Waals surface area (Å²) in [7, 11) is 0. The third-order valence-electron chi connectivity index (χ3n) is 4.20. The summed E-state index contributed by atoms with van der Waals surface area (Å²) < 4.78 is 34.9. The van der Waals surface area contributed by atoms with Gasteiger partial charge in [0.2, 0.25) is 0 Å². The number of halogens is 2. The van der Waals surface area contributed by atoms with Crippen LogP contribution in [-0.2, 0) is 5.60 Å². The normalized spacial score (nSPS) is 12.0. The van der Waals surface area contributed by atoms with Crippen LogP contribution in [0, 0.1) is 21.7 Å². The summed E-state index contributed by atoms with van der Waals surface area (Å²) in [5, 5.41) is 11.0. The summed E-state index contributed by atoms with van der Waals surface area (Å²) in [6.45, 7) is 7.32. The van der Waals surface area contributed by atoms with E-state index < -0.39 is 22.2 Å². The van der Waals surface area contributed by atoms with Gasteiger partial charge < -0.3 is 9.30 Å². The van der Waals surface area contributed by atoms with E-state index in [4.69, 9.17) is 4.74 Å². The molecule has 0 unspecified atom stereocenters. The van der Waals surface area contributed by atoms with Gasteiger partial charge in [-0.15, -0.1) is 0 Å². The van der Waals surface area contributed by atoms with Crippen LogP contribution in [0.3, 0.4) is 0 Å². The average Bonchev–Trinajstić information content (AvgIpc) is 2.97. The predicted molar refractivity (Wildman–Crippen MR) is 96.8 cm³/mol. The van der Waals surface area contributed by atoms with E-state index in [1.807, 2.05) is 18.4 Å². The van der Waals surface area contributed by atoms with Gasteiger partial charge in [0, 0.05) is 24.2 Å². The summed E-state index contributed by atoms with van der Waals surface area (Å²) in [6.07, 6.45) is 0. The molecule has 0 saturated carbocycles. The number of imidazole rings is 1. The van der Waals surface area contributed by atoms with Crippen molar-refractivity contribution in [2.45, 2.75) is 39.3 Å². The molecule has 2 aromatic carbocycles. The summed E-state index contributed by atoms with van der Waals surface area (Å²) in [5.41, 5.74) is 0.0215. The van der Waals surface area contributed by atoms with E-state index in [9.17, 15) is 18.9 Å². The molecule has 0 spiro atoms. The van der Waals surface area contributed by atoms with E-state index in [0.717, 1.165) is 12.1 Å². The fourth-order valence-electron chi connectivity index (χ4n) is 3.03. The Morgan fingerprint density at radius 1 is 1.19 bits per heavy atom. The van der Waals surface area contributed by atoms with E-state index in [1.54, 1.807) is 19.9 Å². The summed E-state index contributed by atoms with van der Waals surface area (Å²) in [5.74, 6) is -1.13. The Morgan fingerprint density at radius 3 is 2.48 bits per heavy atom. The zero-order chi connectivity index (χ0) is 19.9. The molecule has 3 rings (SSSR count). The molecule has 0 saturated heterocycles. The highest BCUT2D eigenvalue weighted by molar-refractivity contribution is 5.79. The molecule has 8 heteroatoms. The number of benzene rings is 2. The Bertz CT molecular complexity index is 1030. The van der Waals surface area contributed by atoms with Crippen LogP contribution >= 0.6 is 0 Å². The van der Waals surface area contributed by atoms with Crippen molar-refractivity contribution in [1.82, 2.24) is 9.55 Å². The van der Waals surface area contributed by atoms with Crippen molar-refractivity contribution in [2.24, 2.45) is 0 Å². The molecule has 1 heterocycles. The second-order valence-electron chi connectivity index (χ2n) is 7.02. The van der Waals surface area contributed by atoms with Crippen molar-refractivity contribution >= 4 is 16.7 Å². The second-order valence-corrected chi connectivity index (χ2v) is 7.02. The van der Waals surface area contributed by atoms with E-state index in [0.29, 0.717) is 16.9 Å². The van der Waals surface area contributed by atoms with Crippen molar-refractivity contribution in [1.29, 1.82) is 0 Å². The number of non-ortho nitro benzene ring substituents is 1. The fraction of sp³-hybridized carbons (Fsp3) is 0.316. The summed E-state index contributed by atoms with van der Waals surface area (Å²) in [6, 6.07) is 7.51. The molecule has 0 aliphatic rings. The number of nitrogens with zero attached hydrogens (tertiary/aromatic N) is 3. The lowest BCUT2D eigenvalue weighted by molar-refractivity contribution is -0.384. The number of nitro groups is 1. The van der Waals surface area contributed by atoms with Crippen molar-refractivity contribution in [3.8, 4) is 5.75 Å². The Hall–Kier alpha value is -3.03. The SMILES string of the molecule is CC(C)n1c(C(C)(C)Oc2ccc(F)cc2F)nc2cc([N+](=O)[O-])ccc21. The van der Waals surface area contributed by atoms with E-state index in [-0.39, 0.29) is 17.5 Å². The number of nitro benzene ring substituents is 1. The van der Waals surface area contributed by atoms with Crippen molar-refractivity contribution < 1.29 is 18.4 Å². The summed E-state index contributed by atoms with van der Waals surface area (Å²) >= 11 is 0. The minimum atomic E-state index is -1.07. The molecule has 0 fully saturated rings. The van der Waals surface area contributed by atoms with Gasteiger partial charge in [0.25, 0.3) is 5.69 Å². The van der Waals surface area contributed by atoms with Gasteiger partial charge in [-0.05, 0) is 45.9 Å². The number of ether oxygens (including phenoxy) is 1. The van der Waals surface area contributed by atoms with Crippen molar-refractivity contribution in [3.05, 3.63) is 64.0 Å². The zero-order valence-electron chi connectivity index (χ0n) is 15.4. The Kier molecular flexibility index (Phi) is 4.59. The Balaban J connectivity index is 2.12. The van der Waals surface area contributed by atoms with Crippen LogP contribution in [0.2, 0.25) is 0 Å². The number of aromatic nitrogens is 2. The predicted octanol–water partition coefficient (Wildman–Crippen LogP) is 5.12. The molecule has 0 aliphatic heterocycles. The molecule has 0 atom stereocenters. The van der Waals surface area contributed by atoms with Gasteiger partial charge >= 0.3 is 0 Å². The maximum atomic E-state index is 14.0. The number of hydrogen-bond donors (Lipinski definition) is 0. The molecule has 0 radical (unpaired) electrons. The Labute approximate surface area is 154 Å². The highest BCUT2D eigenvalue weighted by Gasteiger charge is 2.32. The first-order chi connectivity index (χ1) is 12.6. The van der Waals surface area contributed by atoms with E-state index in [2.05, 4.69) is 4.98 Å². The maximum Gasteiger partial charge on any atom is 0.271 e. The van der Waals surface area contributed by atoms with Gasteiger partial charge in [-0.25, -0.2) is 13.8 Å². The third kappa shape index (κ3) is 3.47. The van der Waals surface area contributed by atoms with Gasteiger partial charge in [0.1, 0.15) is 5.82 Å². The van der Waals surface area contributed by atoms with Crippen LogP contribution in [0.5, 0.6) is 5.75 Å². The third-order valence-corrected chi connectivity index (χ3v) is 4.20. The first-order valence-corrected chi connectivity index (χ1v) is 8.41. The van der Waals surface area contributed by atoms with Crippen LogP contribution in [-0.4, -0.2) is 14.5 Å². The molecule has 1 aromatic heterocycles. The molecular weight excluding hydrogens is 356 g/mol. The first kappa shape index (κ1) is 18.8. The van der Waals surface area contributed by atoms with Gasteiger partial charge in [-0.1, -0.05) is 0 Å². The number of rotatable bonds is 5. The van der Waals surface area contributed by atoms with Crippen LogP contribution in [0.25, 0.3) is 11.0 Å². The zero-order valence-corrected chi connectivity index (χ0v) is 15.4. The fourth-order valence-corrected chi connectivity index (χ4v) is 3.03. The maximum absolute atomic E-state index is 14.0. The van der Waals surface area contributed by atoms with Gasteiger partial charge in [-0.2, -0.15) is 0 Å². The number of hydrogen-bond acceptors (Lipinski definition) is 4. The molecule has 0 N–H and O–H groups in total. The molecule has 0 amide bonds. The standard InChI is InChI=1S/C19H19F2N3O3/c1-11(2)23-16-7-6-13(24(25)26)10-15(16)22-18(23)19(3,4)27-17-8-5-12(20)9-14(17)21/h5-11H,1-4H3. The Morgan fingerprint density at radius 2 is 1.89 bits per heavy atom. The quantitative estimate of drug-likeness (QED) is 0.458. The second kappa shape index (κ2) is 6.61. The van der Waals surface area contributed by atoms with E-state index >= 15 is 0 Å². The van der Waals surface area contributed by atoms with Gasteiger partial charge in [0.05, 0.1) is 16.0 Å². The molecule has 0 bridgehead atoms. The minimum absolute atomic E-state index is 0.0209. The molecule has 3 aromatic rings. The highest BCUT2D eigenvalue weighted by atomic mass is 19.1. The number of fused-ring (bicyclic) bond motifs is 1. The topological polar surface area (TPSA) is 70.2 Å². The smallest absolute Gasteiger partial charge is 0.271 e. The lowest BCUT2D eigenvalue weighted by atomic mass is 10.1. The lowest BCUT2D eigenvalue weighted by Gasteiger charge is -2.28. The minimum Gasteiger partial charge on any atom is -0.477 e. The van der Waals surface area contributed by atoms with Crippen LogP contribution in [0.15, 0.2) is 36.4 Å². The lowest BCUT2D eigenvalue weighted by Crippen LogP contribution is -2.30. The van der Waals surface area contributed by atoms with Crippen LogP contribution in [0.1, 0.15) is 39.6 Å². The average molecular weight is 375 g/mol. The largest absolute Gasteiger partial charge is 0.477 e. The van der Waals surface area contributed by atoms with Crippen molar-refractivity contribution in [3.63, 3.8) is 0 Å². The molecule has 142 valence electrons. The molecule has 27 heavy (non-hydrogen) atoms. The van der Waals surface area contributed by atoms with Crippen LogP contribution < -0.4 is 4.74 Å². The van der Waals surface area contributed by atoms with Crippen molar-refractivity contribution in [2.75, 3.05) is 0 Å². The molecule has 0 aliphatic carbocycles. The highest BCUT2D eigenvalue weighted by Crippen LogP contribution is 2.34. The van der Waals surface area contributed by atoms with Gasteiger partial charge in [0.15, 0.2) is 23.0 Å². The van der Waals surface area contributed by atoms with Crippen LogP contribution in [0.4, 0.5) is 14.5 Å². The van der Waals surface area contributed by atoms with E-state index in [1.165, 1.54) is 18.2 Å². The van der Waals surface area contributed by atoms with Gasteiger partial charge in [-0.3, -0.25) is 10.1 Å². The molecular formula is C19H19F2N3O3. The summed E-state index contributed by atoms with van der Waals surface area (Å²) in [4.78, 5) is 15.1. The monoisotopic (exact) mass is 375 g/mol. The molecule has 6 nitrogen and oxygen atoms in total. The first-order valence-electron chi connectivity index (χ1n) is 8.41.